The molecule has 0 aliphatic carbocycles. The number of carbonyl (C=O) groups excluding carboxylic acids is 1. The zero-order valence-corrected chi connectivity index (χ0v) is 8.21. The van der Waals surface area contributed by atoms with Gasteiger partial charge in [-0.25, -0.2) is 4.79 Å². The van der Waals surface area contributed by atoms with E-state index in [0.29, 0.717) is 25.8 Å². The van der Waals surface area contributed by atoms with E-state index < -0.39 is 6.09 Å². The fourth-order valence-electron chi connectivity index (χ4n) is 0.847. The monoisotopic (exact) mass is 204 g/mol. The summed E-state index contributed by atoms with van der Waals surface area (Å²) in [5, 5.41) is 13.0. The molecule has 0 unspecified atom stereocenters. The maximum Gasteiger partial charge on any atom is 0.404 e. The summed E-state index contributed by atoms with van der Waals surface area (Å²) in [4.78, 5) is 21.0. The third kappa shape index (κ3) is 8.79. The lowest BCUT2D eigenvalue weighted by Gasteiger charge is -2.03. The molecule has 0 aliphatic heterocycles. The highest BCUT2D eigenvalue weighted by Gasteiger charge is 1.99. The van der Waals surface area contributed by atoms with Crippen LogP contribution in [0.15, 0.2) is 0 Å². The van der Waals surface area contributed by atoms with E-state index in [1.54, 1.807) is 0 Å². The van der Waals surface area contributed by atoms with Crippen molar-refractivity contribution in [2.75, 3.05) is 20.4 Å². The van der Waals surface area contributed by atoms with Gasteiger partial charge in [0, 0.05) is 20.1 Å². The van der Waals surface area contributed by atoms with Crippen molar-refractivity contribution < 1.29 is 19.4 Å². The fraction of sp³-hybridized carbons (Fsp3) is 0.750. The molecule has 0 aromatic rings. The first-order valence-corrected chi connectivity index (χ1v) is 4.39. The van der Waals surface area contributed by atoms with Gasteiger partial charge in [0.15, 0.2) is 0 Å². The summed E-state index contributed by atoms with van der Waals surface area (Å²) in [7, 11) is 1.50. The van der Waals surface area contributed by atoms with E-state index in [-0.39, 0.29) is 12.6 Å². The van der Waals surface area contributed by atoms with E-state index in [2.05, 4.69) is 15.4 Å². The van der Waals surface area contributed by atoms with Crippen LogP contribution < -0.4 is 10.6 Å². The Labute approximate surface area is 82.6 Å². The second kappa shape index (κ2) is 8.31. The smallest absolute Gasteiger partial charge is 0.404 e. The van der Waals surface area contributed by atoms with Crippen LogP contribution in [0.5, 0.6) is 0 Å². The summed E-state index contributed by atoms with van der Waals surface area (Å²) in [6, 6.07) is 0. The van der Waals surface area contributed by atoms with Gasteiger partial charge in [0.25, 0.3) is 0 Å². The average Bonchev–Trinajstić information content (AvgIpc) is 2.13. The Kier molecular flexibility index (Phi) is 7.53. The number of rotatable bonds is 7. The number of nitrogens with one attached hydrogen (secondary N) is 2. The van der Waals surface area contributed by atoms with E-state index in [9.17, 15) is 9.59 Å². The van der Waals surface area contributed by atoms with Crippen LogP contribution in [0.4, 0.5) is 4.79 Å². The van der Waals surface area contributed by atoms with Crippen molar-refractivity contribution in [3.05, 3.63) is 0 Å². The van der Waals surface area contributed by atoms with E-state index in [4.69, 9.17) is 5.11 Å². The SMILES string of the molecule is COCNC(=O)CCCCNC(=O)O. The molecular weight excluding hydrogens is 188 g/mol. The van der Waals surface area contributed by atoms with Crippen molar-refractivity contribution in [3.8, 4) is 0 Å². The van der Waals surface area contributed by atoms with Crippen LogP contribution in [-0.2, 0) is 9.53 Å². The van der Waals surface area contributed by atoms with E-state index in [1.165, 1.54) is 7.11 Å². The topological polar surface area (TPSA) is 87.7 Å². The highest BCUT2D eigenvalue weighted by molar-refractivity contribution is 5.75. The van der Waals surface area contributed by atoms with Crippen LogP contribution in [0.3, 0.4) is 0 Å². The number of hydrogen-bond donors (Lipinski definition) is 3. The van der Waals surface area contributed by atoms with Crippen molar-refractivity contribution >= 4 is 12.0 Å². The number of methoxy groups -OCH3 is 1. The molecule has 6 nitrogen and oxygen atoms in total. The molecule has 0 heterocycles. The van der Waals surface area contributed by atoms with Crippen LogP contribution in [0.2, 0.25) is 0 Å². The number of amides is 2. The average molecular weight is 204 g/mol. The quantitative estimate of drug-likeness (QED) is 0.406. The third-order valence-electron chi connectivity index (χ3n) is 1.52. The maximum absolute atomic E-state index is 11.0. The maximum atomic E-state index is 11.0. The lowest BCUT2D eigenvalue weighted by molar-refractivity contribution is -0.122. The normalized spacial score (nSPS) is 9.50. The molecule has 0 aliphatic rings. The first-order chi connectivity index (χ1) is 6.66. The largest absolute Gasteiger partial charge is 0.465 e. The first-order valence-electron chi connectivity index (χ1n) is 4.39. The Bertz CT molecular complexity index is 184. The van der Waals surface area contributed by atoms with Gasteiger partial charge in [-0.15, -0.1) is 0 Å². The second-order valence-corrected chi connectivity index (χ2v) is 2.72. The van der Waals surface area contributed by atoms with Gasteiger partial charge >= 0.3 is 6.09 Å². The molecule has 0 saturated heterocycles. The molecule has 2 amide bonds. The van der Waals surface area contributed by atoms with Gasteiger partial charge in [0.1, 0.15) is 6.73 Å². The minimum absolute atomic E-state index is 0.0813. The van der Waals surface area contributed by atoms with Crippen molar-refractivity contribution in [2.45, 2.75) is 19.3 Å². The van der Waals surface area contributed by atoms with E-state index in [0.717, 1.165) is 0 Å². The predicted octanol–water partition coefficient (Wildman–Crippen LogP) is 0.144. The number of hydrogen-bond acceptors (Lipinski definition) is 3. The predicted molar refractivity (Wildman–Crippen MR) is 49.9 cm³/mol. The molecular formula is C8H16N2O4. The summed E-state index contributed by atoms with van der Waals surface area (Å²) in [6.07, 6.45) is 0.682. The Morgan fingerprint density at radius 2 is 2.00 bits per heavy atom. The third-order valence-corrected chi connectivity index (χ3v) is 1.52. The molecule has 0 bridgehead atoms. The Morgan fingerprint density at radius 3 is 2.57 bits per heavy atom. The van der Waals surface area contributed by atoms with Gasteiger partial charge in [0.05, 0.1) is 0 Å². The first kappa shape index (κ1) is 12.7. The fourth-order valence-corrected chi connectivity index (χ4v) is 0.847. The van der Waals surface area contributed by atoms with Crippen LogP contribution in [0, 0.1) is 0 Å². The zero-order chi connectivity index (χ0) is 10.8. The van der Waals surface area contributed by atoms with Crippen molar-refractivity contribution in [1.29, 1.82) is 0 Å². The number of unbranched alkanes of at least 4 members (excludes halogenated alkanes) is 1. The van der Waals surface area contributed by atoms with Crippen LogP contribution >= 0.6 is 0 Å². The van der Waals surface area contributed by atoms with Crippen LogP contribution in [0.1, 0.15) is 19.3 Å². The number of carboxylic acid groups (broad SMARTS) is 1. The number of ether oxygens (including phenoxy) is 1. The van der Waals surface area contributed by atoms with Gasteiger partial charge in [-0.3, -0.25) is 4.79 Å². The minimum Gasteiger partial charge on any atom is -0.465 e. The van der Waals surface area contributed by atoms with Gasteiger partial charge in [-0.05, 0) is 12.8 Å². The standard InChI is InChI=1S/C8H16N2O4/c1-14-6-10-7(11)4-2-3-5-9-8(12)13/h9H,2-6H2,1H3,(H,10,11)(H,12,13). The molecule has 6 heteroatoms. The lowest BCUT2D eigenvalue weighted by atomic mass is 10.2. The summed E-state index contributed by atoms with van der Waals surface area (Å²) < 4.78 is 4.65. The molecule has 0 saturated carbocycles. The lowest BCUT2D eigenvalue weighted by Crippen LogP contribution is -2.25. The Hall–Kier alpha value is -1.30. The molecule has 82 valence electrons. The van der Waals surface area contributed by atoms with Gasteiger partial charge in [0.2, 0.25) is 5.91 Å². The highest BCUT2D eigenvalue weighted by atomic mass is 16.5. The Morgan fingerprint density at radius 1 is 1.29 bits per heavy atom. The van der Waals surface area contributed by atoms with Gasteiger partial charge < -0.3 is 20.5 Å². The molecule has 0 aromatic carbocycles. The summed E-state index contributed by atoms with van der Waals surface area (Å²) in [5.74, 6) is -0.0813. The summed E-state index contributed by atoms with van der Waals surface area (Å²) >= 11 is 0. The molecule has 14 heavy (non-hydrogen) atoms. The van der Waals surface area contributed by atoms with Crippen molar-refractivity contribution in [1.82, 2.24) is 10.6 Å². The summed E-state index contributed by atoms with van der Waals surface area (Å²) in [6.45, 7) is 0.596. The zero-order valence-electron chi connectivity index (χ0n) is 8.21. The Balaban J connectivity index is 3.19. The molecule has 0 atom stereocenters. The van der Waals surface area contributed by atoms with Gasteiger partial charge in [-0.2, -0.15) is 0 Å². The minimum atomic E-state index is -1.03. The van der Waals surface area contributed by atoms with Crippen LogP contribution in [0.25, 0.3) is 0 Å². The van der Waals surface area contributed by atoms with E-state index >= 15 is 0 Å². The molecule has 0 fully saturated rings. The number of carbonyl (C=O) groups is 2. The second-order valence-electron chi connectivity index (χ2n) is 2.72. The van der Waals surface area contributed by atoms with Crippen molar-refractivity contribution in [3.63, 3.8) is 0 Å². The van der Waals surface area contributed by atoms with E-state index in [1.807, 2.05) is 0 Å². The molecule has 0 spiro atoms. The molecule has 0 rings (SSSR count). The highest BCUT2D eigenvalue weighted by Crippen LogP contribution is 1.93. The molecule has 3 N–H and O–H groups in total. The van der Waals surface area contributed by atoms with Crippen molar-refractivity contribution in [2.24, 2.45) is 0 Å². The molecule has 0 radical (unpaired) electrons. The summed E-state index contributed by atoms with van der Waals surface area (Å²) in [5.41, 5.74) is 0. The van der Waals surface area contributed by atoms with Gasteiger partial charge in [-0.1, -0.05) is 0 Å². The molecule has 0 aromatic heterocycles. The van der Waals surface area contributed by atoms with Crippen LogP contribution in [-0.4, -0.2) is 37.5 Å².